The van der Waals surface area contributed by atoms with E-state index in [1.165, 1.54) is 115 Å². The summed E-state index contributed by atoms with van der Waals surface area (Å²) in [6, 6.07) is 0. The molecule has 11 heteroatoms. The van der Waals surface area contributed by atoms with Crippen LogP contribution in [0.4, 0.5) is 25.2 Å². The van der Waals surface area contributed by atoms with Crippen LogP contribution in [0, 0.1) is 0 Å². The molecule has 3 aliphatic heterocycles. The first-order valence-corrected chi connectivity index (χ1v) is 18.9. The van der Waals surface area contributed by atoms with Crippen molar-refractivity contribution in [1.82, 2.24) is 4.90 Å². The molecule has 0 amide bonds. The largest absolute Gasteiger partial charge is 0 e. The van der Waals surface area contributed by atoms with E-state index in [2.05, 4.69) is 49.1 Å². The van der Waals surface area contributed by atoms with Gasteiger partial charge >= 0.3 is 33.0 Å². The van der Waals surface area contributed by atoms with Crippen LogP contribution in [-0.2, 0) is 0 Å². The molecule has 29 heavy (non-hydrogen) atoms. The van der Waals surface area contributed by atoms with Crippen molar-refractivity contribution in [3.05, 3.63) is 0 Å². The van der Waals surface area contributed by atoms with Crippen LogP contribution in [0.3, 0.4) is 0 Å². The minimum Gasteiger partial charge on any atom is 0 e. The van der Waals surface area contributed by atoms with Crippen LogP contribution in [0.15, 0.2) is 0 Å². The molecule has 0 aromatic rings. The van der Waals surface area contributed by atoms with Gasteiger partial charge in [0, 0.05) is 56.9 Å². The van der Waals surface area contributed by atoms with Crippen LogP contribution in [0.2, 0.25) is 0 Å². The number of piperazine rings is 3. The van der Waals surface area contributed by atoms with Gasteiger partial charge in [0.1, 0.15) is 0 Å². The summed E-state index contributed by atoms with van der Waals surface area (Å²) < 4.78 is 60.7. The summed E-state index contributed by atoms with van der Waals surface area (Å²) in [4.78, 5) is 2.65. The summed E-state index contributed by atoms with van der Waals surface area (Å²) in [6.07, 6.45) is 14.7. The Balaban J connectivity index is 0.000000740. The Labute approximate surface area is 195 Å². The van der Waals surface area contributed by atoms with Gasteiger partial charge in [-0.15, -0.1) is 0 Å². The van der Waals surface area contributed by atoms with Crippen molar-refractivity contribution in [2.75, 3.05) is 45.8 Å². The zero-order chi connectivity index (χ0) is 22.5. The van der Waals surface area contributed by atoms with Crippen LogP contribution >= 0.6 is 45.0 Å². The summed E-state index contributed by atoms with van der Waals surface area (Å²) in [7, 11) is -10.7. The number of hydrogen-bond acceptors (Lipinski definition) is 1. The average molecular weight is 680 g/mol. The summed E-state index contributed by atoms with van der Waals surface area (Å²) in [5.74, 6) is 0. The number of fused-ring (bicyclic) bond motifs is 3. The molecular formula is C18H37F6I2N2P. The van der Waals surface area contributed by atoms with Gasteiger partial charge in [0.2, 0.25) is 0 Å². The third-order valence-electron chi connectivity index (χ3n) is 5.66. The van der Waals surface area contributed by atoms with Gasteiger partial charge < -0.3 is 4.48 Å². The third-order valence-corrected chi connectivity index (χ3v) is 5.66. The molecule has 0 radical (unpaired) electrons. The Morgan fingerprint density at radius 1 is 0.655 bits per heavy atom. The van der Waals surface area contributed by atoms with E-state index >= 15 is 0 Å². The molecule has 3 fully saturated rings. The third kappa shape index (κ3) is 21.0. The molecule has 3 saturated heterocycles. The maximum absolute atomic E-state index is 10.7. The van der Waals surface area contributed by atoms with Crippen molar-refractivity contribution >= 4 is 45.0 Å². The van der Waals surface area contributed by atoms with Gasteiger partial charge in [0.05, 0.1) is 26.2 Å². The number of rotatable bonds is 11. The summed E-state index contributed by atoms with van der Waals surface area (Å²) in [6.45, 7) is 12.2. The first-order valence-electron chi connectivity index (χ1n) is 10.6. The van der Waals surface area contributed by atoms with E-state index in [0.717, 1.165) is 0 Å². The minimum atomic E-state index is -10.7. The maximum atomic E-state index is 9.87. The van der Waals surface area contributed by atoms with Crippen molar-refractivity contribution in [3.8, 4) is 0 Å². The first kappa shape index (κ1) is 30.4. The van der Waals surface area contributed by atoms with Crippen molar-refractivity contribution in [2.24, 2.45) is 0 Å². The average Bonchev–Trinajstić information content (AvgIpc) is 2.64. The Kier molecular flexibility index (Phi) is 13.8. The summed E-state index contributed by atoms with van der Waals surface area (Å²) >= 11 is 4.24. The summed E-state index contributed by atoms with van der Waals surface area (Å²) in [5, 5.41) is 0. The molecule has 3 heterocycles. The predicted octanol–water partition coefficient (Wildman–Crippen LogP) is 9.21. The number of quaternary nitrogens is 1. The number of unbranched alkanes of at least 4 members (excludes halogenated alkanes) is 9. The molecule has 0 aliphatic carbocycles. The molecule has 0 aromatic heterocycles. The smallest absolute Gasteiger partial charge is 0 e. The molecule has 0 saturated carbocycles. The van der Waals surface area contributed by atoms with Crippen LogP contribution in [0.1, 0.15) is 71.1 Å². The van der Waals surface area contributed by atoms with Gasteiger partial charge in [-0.1, -0.05) is 58.3 Å². The Hall–Kier alpha value is 1.39. The van der Waals surface area contributed by atoms with E-state index in [0.29, 0.717) is 0 Å². The van der Waals surface area contributed by atoms with Gasteiger partial charge in [-0.2, -0.15) is 0 Å². The molecule has 0 unspecified atom stereocenters. The van der Waals surface area contributed by atoms with Gasteiger partial charge in [-0.3, -0.25) is 4.90 Å². The van der Waals surface area contributed by atoms with Crippen LogP contribution in [0.5, 0.6) is 0 Å². The molecule has 2 bridgehead atoms. The normalized spacial score (nSPS) is 25.8. The Morgan fingerprint density at radius 2 is 0.966 bits per heavy atom. The molecule has 0 aromatic carbocycles. The number of nitrogens with zero attached hydrogens (tertiary/aromatic N) is 2. The van der Waals surface area contributed by atoms with E-state index in [1.807, 2.05) is 0 Å². The predicted molar refractivity (Wildman–Crippen MR) is 130 cm³/mol. The van der Waals surface area contributed by atoms with Gasteiger partial charge in [0.25, 0.3) is 0 Å². The zero-order valence-corrected chi connectivity index (χ0v) is 22.6. The standard InChI is InChI=1S/C18H37N2.F6P.I2/c1-2-3-4-5-6-7-8-9-10-11-15-20-16-12-19(13-17-20)14-18-20;1-7(2,3,4,5)6;1-2/h2-18H2,1H3;;/q+1;-1;. The van der Waals surface area contributed by atoms with Crippen LogP contribution < -0.4 is 0 Å². The quantitative estimate of drug-likeness (QED) is 0.0692. The van der Waals surface area contributed by atoms with E-state index in [-0.39, 0.29) is 0 Å². The second-order valence-corrected chi connectivity index (χ2v) is 10.1. The minimum absolute atomic E-state index is 1.37. The van der Waals surface area contributed by atoms with Crippen LogP contribution in [-0.4, -0.2) is 55.2 Å². The van der Waals surface area contributed by atoms with E-state index in [1.54, 1.807) is 0 Å². The molecule has 3 aliphatic rings. The van der Waals surface area contributed by atoms with E-state index in [4.69, 9.17) is 0 Å². The monoisotopic (exact) mass is 680 g/mol. The van der Waals surface area contributed by atoms with Gasteiger partial charge in [-0.05, 0) is 12.8 Å². The van der Waals surface area contributed by atoms with E-state index in [9.17, 15) is 25.2 Å². The Morgan fingerprint density at radius 3 is 1.31 bits per heavy atom. The SMILES string of the molecule is CCCCCCCCCCCC[N+]12CCN(CC1)CC2.F[P-](F)(F)(F)(F)F.II. The zero-order valence-electron chi connectivity index (χ0n) is 17.4. The molecule has 0 spiro atoms. The molecule has 2 nitrogen and oxygen atoms in total. The topological polar surface area (TPSA) is 3.24 Å². The second kappa shape index (κ2) is 13.2. The number of halogens is 8. The molecule has 3 rings (SSSR count). The second-order valence-electron chi connectivity index (χ2n) is 8.22. The molecular weight excluding hydrogens is 643 g/mol. The molecule has 0 atom stereocenters. The van der Waals surface area contributed by atoms with Gasteiger partial charge in [-0.25, -0.2) is 0 Å². The fraction of sp³-hybridized carbons (Fsp3) is 1.00. The fourth-order valence-electron chi connectivity index (χ4n) is 4.00. The van der Waals surface area contributed by atoms with Crippen LogP contribution in [0.25, 0.3) is 0 Å². The fourth-order valence-corrected chi connectivity index (χ4v) is 4.00. The van der Waals surface area contributed by atoms with Crippen molar-refractivity contribution in [2.45, 2.75) is 71.1 Å². The molecule has 180 valence electrons. The first-order chi connectivity index (χ1) is 13.3. The summed E-state index contributed by atoms with van der Waals surface area (Å²) in [5.41, 5.74) is 0. The van der Waals surface area contributed by atoms with E-state index < -0.39 is 7.81 Å². The van der Waals surface area contributed by atoms with Gasteiger partial charge in [0.15, 0.2) is 0 Å². The van der Waals surface area contributed by atoms with Crippen molar-refractivity contribution in [3.63, 3.8) is 0 Å². The number of hydrogen-bond donors (Lipinski definition) is 0. The maximum Gasteiger partial charge on any atom is 0 e. The Bertz CT molecular complexity index is 403. The molecule has 0 N–H and O–H groups in total. The van der Waals surface area contributed by atoms with Crippen molar-refractivity contribution in [1.29, 1.82) is 0 Å². The van der Waals surface area contributed by atoms with Crippen molar-refractivity contribution < 1.29 is 29.7 Å².